The van der Waals surface area contributed by atoms with E-state index in [2.05, 4.69) is 33.2 Å². The van der Waals surface area contributed by atoms with E-state index in [1.54, 1.807) is 18.0 Å². The zero-order valence-electron chi connectivity index (χ0n) is 11.5. The first-order valence-corrected chi connectivity index (χ1v) is 8.42. The summed E-state index contributed by atoms with van der Waals surface area (Å²) in [4.78, 5) is 5.49. The maximum atomic E-state index is 5.99. The summed E-state index contributed by atoms with van der Waals surface area (Å²) in [5.74, 6) is 1.49. The fourth-order valence-corrected chi connectivity index (χ4v) is 2.66. The SMILES string of the molecule is CCNCc1cc(Br)cnc1Oc1ccccc1SC. The van der Waals surface area contributed by atoms with Crippen LogP contribution in [0.2, 0.25) is 0 Å². The van der Waals surface area contributed by atoms with Crippen LogP contribution in [0.5, 0.6) is 11.6 Å². The maximum Gasteiger partial charge on any atom is 0.223 e. The van der Waals surface area contributed by atoms with Crippen molar-refractivity contribution >= 4 is 27.7 Å². The smallest absolute Gasteiger partial charge is 0.223 e. The van der Waals surface area contributed by atoms with Crippen LogP contribution in [0.1, 0.15) is 12.5 Å². The van der Waals surface area contributed by atoms with Gasteiger partial charge in [-0.3, -0.25) is 0 Å². The fourth-order valence-electron chi connectivity index (χ4n) is 1.75. The molecule has 0 amide bonds. The van der Waals surface area contributed by atoms with Gasteiger partial charge in [-0.2, -0.15) is 0 Å². The molecule has 2 rings (SSSR count). The van der Waals surface area contributed by atoms with Crippen molar-refractivity contribution in [1.82, 2.24) is 10.3 Å². The van der Waals surface area contributed by atoms with Crippen LogP contribution >= 0.6 is 27.7 Å². The summed E-state index contributed by atoms with van der Waals surface area (Å²) in [6, 6.07) is 10.0. The highest BCUT2D eigenvalue weighted by Gasteiger charge is 2.09. The van der Waals surface area contributed by atoms with Gasteiger partial charge in [0.15, 0.2) is 0 Å². The average molecular weight is 353 g/mol. The van der Waals surface area contributed by atoms with Gasteiger partial charge in [-0.15, -0.1) is 11.8 Å². The van der Waals surface area contributed by atoms with Crippen LogP contribution in [-0.2, 0) is 6.54 Å². The van der Waals surface area contributed by atoms with E-state index in [0.29, 0.717) is 5.88 Å². The Kier molecular flexibility index (Phi) is 5.88. The van der Waals surface area contributed by atoms with Crippen molar-refractivity contribution in [1.29, 1.82) is 0 Å². The van der Waals surface area contributed by atoms with Gasteiger partial charge in [0.25, 0.3) is 0 Å². The molecule has 1 aromatic heterocycles. The Labute approximate surface area is 132 Å². The van der Waals surface area contributed by atoms with Gasteiger partial charge >= 0.3 is 0 Å². The largest absolute Gasteiger partial charge is 0.438 e. The van der Waals surface area contributed by atoms with E-state index in [9.17, 15) is 0 Å². The number of para-hydroxylation sites is 1. The first-order chi connectivity index (χ1) is 9.74. The van der Waals surface area contributed by atoms with Crippen molar-refractivity contribution in [3.05, 3.63) is 46.6 Å². The molecular weight excluding hydrogens is 336 g/mol. The third-order valence-electron chi connectivity index (χ3n) is 2.73. The predicted octanol–water partition coefficient (Wildman–Crippen LogP) is 4.47. The van der Waals surface area contributed by atoms with Crippen LogP contribution in [0.4, 0.5) is 0 Å². The van der Waals surface area contributed by atoms with E-state index < -0.39 is 0 Å². The van der Waals surface area contributed by atoms with Crippen molar-refractivity contribution in [2.45, 2.75) is 18.4 Å². The molecule has 0 fully saturated rings. The van der Waals surface area contributed by atoms with E-state index in [1.165, 1.54) is 0 Å². The van der Waals surface area contributed by atoms with Crippen LogP contribution in [0, 0.1) is 0 Å². The summed E-state index contributed by atoms with van der Waals surface area (Å²) >= 11 is 5.12. The number of hydrogen-bond donors (Lipinski definition) is 1. The van der Waals surface area contributed by atoms with Gasteiger partial charge in [-0.05, 0) is 46.9 Å². The van der Waals surface area contributed by atoms with E-state index in [0.717, 1.165) is 33.8 Å². The molecule has 0 spiro atoms. The minimum atomic E-state index is 0.649. The van der Waals surface area contributed by atoms with Gasteiger partial charge < -0.3 is 10.1 Å². The number of benzene rings is 1. The van der Waals surface area contributed by atoms with Crippen LogP contribution < -0.4 is 10.1 Å². The number of nitrogens with one attached hydrogen (secondary N) is 1. The van der Waals surface area contributed by atoms with Gasteiger partial charge in [-0.1, -0.05) is 19.1 Å². The first kappa shape index (κ1) is 15.4. The number of aromatic nitrogens is 1. The van der Waals surface area contributed by atoms with Crippen LogP contribution in [-0.4, -0.2) is 17.8 Å². The van der Waals surface area contributed by atoms with Gasteiger partial charge in [0, 0.05) is 27.7 Å². The third-order valence-corrected chi connectivity index (χ3v) is 3.94. The summed E-state index contributed by atoms with van der Waals surface area (Å²) in [6.45, 7) is 3.72. The van der Waals surface area contributed by atoms with Crippen LogP contribution in [0.25, 0.3) is 0 Å². The number of halogens is 1. The second-order valence-corrected chi connectivity index (χ2v) is 5.91. The molecule has 1 heterocycles. The van der Waals surface area contributed by atoms with Gasteiger partial charge in [0.1, 0.15) is 5.75 Å². The quantitative estimate of drug-likeness (QED) is 0.777. The van der Waals surface area contributed by atoms with Crippen molar-refractivity contribution in [2.75, 3.05) is 12.8 Å². The lowest BCUT2D eigenvalue weighted by molar-refractivity contribution is 0.443. The molecule has 0 aliphatic rings. The highest BCUT2D eigenvalue weighted by molar-refractivity contribution is 9.10. The Hall–Kier alpha value is -1.04. The molecule has 3 nitrogen and oxygen atoms in total. The zero-order chi connectivity index (χ0) is 14.4. The topological polar surface area (TPSA) is 34.2 Å². The number of pyridine rings is 1. The Morgan fingerprint density at radius 2 is 2.15 bits per heavy atom. The number of rotatable bonds is 6. The Morgan fingerprint density at radius 3 is 2.90 bits per heavy atom. The van der Waals surface area contributed by atoms with E-state index in [1.807, 2.05) is 36.6 Å². The van der Waals surface area contributed by atoms with Gasteiger partial charge in [0.05, 0.1) is 0 Å². The molecule has 20 heavy (non-hydrogen) atoms. The van der Waals surface area contributed by atoms with Crippen molar-refractivity contribution in [3.8, 4) is 11.6 Å². The molecule has 0 atom stereocenters. The highest BCUT2D eigenvalue weighted by atomic mass is 79.9. The third kappa shape index (κ3) is 3.98. The molecule has 2 aromatic rings. The van der Waals surface area contributed by atoms with E-state index in [4.69, 9.17) is 4.74 Å². The Bertz CT molecular complexity index is 578. The normalized spacial score (nSPS) is 10.6. The molecule has 1 aromatic carbocycles. The predicted molar refractivity (Wildman–Crippen MR) is 87.6 cm³/mol. The second-order valence-electron chi connectivity index (χ2n) is 4.15. The molecule has 0 aliphatic heterocycles. The fraction of sp³-hybridized carbons (Fsp3) is 0.267. The Balaban J connectivity index is 2.28. The summed E-state index contributed by atoms with van der Waals surface area (Å²) in [6.07, 6.45) is 3.79. The molecule has 0 saturated heterocycles. The minimum Gasteiger partial charge on any atom is -0.438 e. The molecule has 0 radical (unpaired) electrons. The van der Waals surface area contributed by atoms with Gasteiger partial charge in [-0.25, -0.2) is 4.98 Å². The number of thioether (sulfide) groups is 1. The molecular formula is C15H17BrN2OS. The molecule has 1 N–H and O–H groups in total. The van der Waals surface area contributed by atoms with Crippen molar-refractivity contribution in [3.63, 3.8) is 0 Å². The molecule has 0 aliphatic carbocycles. The molecule has 0 saturated carbocycles. The summed E-state index contributed by atoms with van der Waals surface area (Å²) in [7, 11) is 0. The van der Waals surface area contributed by atoms with Crippen LogP contribution in [0.15, 0.2) is 45.9 Å². The number of nitrogens with zero attached hydrogens (tertiary/aromatic N) is 1. The molecule has 106 valence electrons. The van der Waals surface area contributed by atoms with E-state index in [-0.39, 0.29) is 0 Å². The molecule has 0 bridgehead atoms. The minimum absolute atomic E-state index is 0.649. The second kappa shape index (κ2) is 7.67. The lowest BCUT2D eigenvalue weighted by atomic mass is 10.2. The van der Waals surface area contributed by atoms with Crippen molar-refractivity contribution in [2.24, 2.45) is 0 Å². The summed E-state index contributed by atoms with van der Waals surface area (Å²) < 4.78 is 6.95. The highest BCUT2D eigenvalue weighted by Crippen LogP contribution is 2.32. The monoisotopic (exact) mass is 352 g/mol. The lowest BCUT2D eigenvalue weighted by Crippen LogP contribution is -2.13. The number of hydrogen-bond acceptors (Lipinski definition) is 4. The molecule has 0 unspecified atom stereocenters. The van der Waals surface area contributed by atoms with Crippen LogP contribution in [0.3, 0.4) is 0 Å². The number of ether oxygens (including phenoxy) is 1. The first-order valence-electron chi connectivity index (χ1n) is 6.40. The van der Waals surface area contributed by atoms with Gasteiger partial charge in [0.2, 0.25) is 5.88 Å². The average Bonchev–Trinajstić information content (AvgIpc) is 2.48. The van der Waals surface area contributed by atoms with Crippen molar-refractivity contribution < 1.29 is 4.74 Å². The standard InChI is InChI=1S/C15H17BrN2OS/c1-3-17-9-11-8-12(16)10-18-15(11)19-13-6-4-5-7-14(13)20-2/h4-8,10,17H,3,9H2,1-2H3. The summed E-state index contributed by atoms with van der Waals surface area (Å²) in [5.41, 5.74) is 1.04. The Morgan fingerprint density at radius 1 is 1.35 bits per heavy atom. The zero-order valence-corrected chi connectivity index (χ0v) is 13.9. The maximum absolute atomic E-state index is 5.99. The lowest BCUT2D eigenvalue weighted by Gasteiger charge is -2.12. The molecule has 5 heteroatoms. The summed E-state index contributed by atoms with van der Waals surface area (Å²) in [5, 5.41) is 3.30. The van der Waals surface area contributed by atoms with E-state index >= 15 is 0 Å².